The number of H-pyrrole nitrogens is 1. The van der Waals surface area contributed by atoms with E-state index >= 15 is 0 Å². The van der Waals surface area contributed by atoms with Crippen molar-refractivity contribution in [1.82, 2.24) is 30.5 Å². The zero-order chi connectivity index (χ0) is 36.8. The molecule has 2 fully saturated rings. The maximum atomic E-state index is 13.5. The van der Waals surface area contributed by atoms with Gasteiger partial charge in [-0.3, -0.25) is 9.59 Å². The van der Waals surface area contributed by atoms with Gasteiger partial charge in [0.05, 0.1) is 37.2 Å². The summed E-state index contributed by atoms with van der Waals surface area (Å²) in [5, 5.41) is 9.06. The minimum atomic E-state index is -0.691. The summed E-state index contributed by atoms with van der Waals surface area (Å²) in [5.74, 6) is 1.74. The molecule has 0 aliphatic carbocycles. The molecule has 3 atom stereocenters. The number of methoxy groups -OCH3 is 1. The van der Waals surface area contributed by atoms with E-state index in [1.807, 2.05) is 75.4 Å². The number of nitrogens with one attached hydrogen (secondary N) is 4. The summed E-state index contributed by atoms with van der Waals surface area (Å²) in [6, 6.07) is 16.9. The first-order chi connectivity index (χ1) is 25.2. The molecule has 0 radical (unpaired) electrons. The van der Waals surface area contributed by atoms with E-state index in [-0.39, 0.29) is 23.8 Å². The van der Waals surface area contributed by atoms with Crippen molar-refractivity contribution < 1.29 is 23.9 Å². The zero-order valence-corrected chi connectivity index (χ0v) is 30.4. The number of carbonyl (C=O) groups is 3. The summed E-state index contributed by atoms with van der Waals surface area (Å²) >= 11 is 0. The fraction of sp³-hybridized carbons (Fsp3) is 0.410. The quantitative estimate of drug-likeness (QED) is 0.155. The Balaban J connectivity index is 1.13. The van der Waals surface area contributed by atoms with Crippen molar-refractivity contribution in [3.05, 3.63) is 78.4 Å². The highest BCUT2D eigenvalue weighted by Crippen LogP contribution is 2.36. The van der Waals surface area contributed by atoms with Gasteiger partial charge in [-0.25, -0.2) is 14.8 Å². The Bertz CT molecular complexity index is 1860. The summed E-state index contributed by atoms with van der Waals surface area (Å²) in [7, 11) is 1.29. The Labute approximate surface area is 304 Å². The van der Waals surface area contributed by atoms with Crippen LogP contribution in [0, 0.1) is 5.92 Å². The lowest BCUT2D eigenvalue weighted by Gasteiger charge is -2.34. The third-order valence-electron chi connectivity index (χ3n) is 9.69. The number of alkyl carbamates (subject to hydrolysis) is 1. The van der Waals surface area contributed by atoms with Gasteiger partial charge in [0, 0.05) is 55.7 Å². The molecule has 13 heteroatoms. The summed E-state index contributed by atoms with van der Waals surface area (Å²) < 4.78 is 10.8. The number of ether oxygens (including phenoxy) is 2. The molecular formula is C39H48N8O5. The third kappa shape index (κ3) is 8.04. The standard InChI is InChI=1S/C39H48N8O5/c1-6-52-33-20-29(43-37(48)28-13-16-34(41-22-28)46-19-17-40-21-25(46)4)14-15-30(33)26-9-11-27(12-10-26)31-23-42-36(44-31)32-8-7-18-47(32)38(49)35(24(2)3)45-39(50)51-5/h9-16,20,22-25,32,35,40H,6-8,17-19,21H2,1-5H3,(H,42,44)(H,43,48)(H,45,50). The number of anilines is 2. The molecule has 52 heavy (non-hydrogen) atoms. The number of pyridine rings is 1. The van der Waals surface area contributed by atoms with Crippen LogP contribution in [0.1, 0.15) is 62.8 Å². The van der Waals surface area contributed by atoms with Crippen LogP contribution < -0.4 is 25.6 Å². The average molecular weight is 709 g/mol. The highest BCUT2D eigenvalue weighted by atomic mass is 16.5. The van der Waals surface area contributed by atoms with Crippen molar-refractivity contribution in [1.29, 1.82) is 0 Å². The van der Waals surface area contributed by atoms with Crippen molar-refractivity contribution >= 4 is 29.4 Å². The molecule has 13 nitrogen and oxygen atoms in total. The first-order valence-electron chi connectivity index (χ1n) is 18.0. The van der Waals surface area contributed by atoms with Gasteiger partial charge in [0.15, 0.2) is 0 Å². The predicted molar refractivity (Wildman–Crippen MR) is 200 cm³/mol. The smallest absolute Gasteiger partial charge is 0.407 e. The molecule has 0 spiro atoms. The van der Waals surface area contributed by atoms with Crippen LogP contribution >= 0.6 is 0 Å². The van der Waals surface area contributed by atoms with E-state index in [1.54, 1.807) is 17.3 Å². The third-order valence-corrected chi connectivity index (χ3v) is 9.69. The summed E-state index contributed by atoms with van der Waals surface area (Å²) in [4.78, 5) is 55.3. The molecule has 3 amide bonds. The Morgan fingerprint density at radius 1 is 1.00 bits per heavy atom. The number of nitrogens with zero attached hydrogens (tertiary/aromatic N) is 4. The summed E-state index contributed by atoms with van der Waals surface area (Å²) in [5.41, 5.74) is 4.73. The van der Waals surface area contributed by atoms with Crippen molar-refractivity contribution in [3.63, 3.8) is 0 Å². The van der Waals surface area contributed by atoms with Gasteiger partial charge in [-0.1, -0.05) is 38.1 Å². The number of likely N-dealkylation sites (tertiary alicyclic amines) is 1. The van der Waals surface area contributed by atoms with E-state index in [2.05, 4.69) is 42.7 Å². The SMILES string of the molecule is CCOc1cc(NC(=O)c2ccc(N3CCNCC3C)nc2)ccc1-c1ccc(-c2cnc(C3CCCN3C(=O)C(NC(=O)OC)C(C)C)[nH]2)cc1. The Morgan fingerprint density at radius 2 is 1.79 bits per heavy atom. The molecule has 0 saturated carbocycles. The minimum Gasteiger partial charge on any atom is -0.493 e. The van der Waals surface area contributed by atoms with E-state index in [0.29, 0.717) is 42.0 Å². The van der Waals surface area contributed by atoms with Gasteiger partial charge in [0.25, 0.3) is 5.91 Å². The van der Waals surface area contributed by atoms with Crippen LogP contribution in [-0.2, 0) is 9.53 Å². The maximum Gasteiger partial charge on any atom is 0.407 e. The zero-order valence-electron chi connectivity index (χ0n) is 30.4. The average Bonchev–Trinajstić information content (AvgIpc) is 3.85. The van der Waals surface area contributed by atoms with Crippen LogP contribution in [0.15, 0.2) is 67.0 Å². The maximum absolute atomic E-state index is 13.5. The Kier molecular flexibility index (Phi) is 11.4. The van der Waals surface area contributed by atoms with Crippen LogP contribution in [0.5, 0.6) is 5.75 Å². The van der Waals surface area contributed by atoms with Crippen LogP contribution in [0.2, 0.25) is 0 Å². The lowest BCUT2D eigenvalue weighted by atomic mass is 10.0. The van der Waals surface area contributed by atoms with Gasteiger partial charge in [0.2, 0.25) is 5.91 Å². The van der Waals surface area contributed by atoms with Gasteiger partial charge in [-0.15, -0.1) is 0 Å². The molecular weight excluding hydrogens is 660 g/mol. The number of benzene rings is 2. The van der Waals surface area contributed by atoms with Gasteiger partial charge >= 0.3 is 6.09 Å². The van der Waals surface area contributed by atoms with Crippen molar-refractivity contribution in [3.8, 4) is 28.1 Å². The number of hydrogen-bond donors (Lipinski definition) is 4. The number of carbonyl (C=O) groups excluding carboxylic acids is 3. The van der Waals surface area contributed by atoms with Crippen LogP contribution in [0.4, 0.5) is 16.3 Å². The molecule has 274 valence electrons. The number of rotatable bonds is 11. The van der Waals surface area contributed by atoms with E-state index in [0.717, 1.165) is 60.7 Å². The summed E-state index contributed by atoms with van der Waals surface area (Å²) in [6.45, 7) is 11.6. The fourth-order valence-electron chi connectivity index (χ4n) is 6.86. The molecule has 2 aliphatic heterocycles. The van der Waals surface area contributed by atoms with Crippen molar-refractivity contribution in [2.45, 2.75) is 58.7 Å². The lowest BCUT2D eigenvalue weighted by Crippen LogP contribution is -2.51. The van der Waals surface area contributed by atoms with Crippen molar-refractivity contribution in [2.75, 3.05) is 50.1 Å². The number of aromatic nitrogens is 3. The summed E-state index contributed by atoms with van der Waals surface area (Å²) in [6.07, 6.45) is 4.40. The number of imidazole rings is 1. The van der Waals surface area contributed by atoms with E-state index in [4.69, 9.17) is 9.47 Å². The molecule has 4 N–H and O–H groups in total. The molecule has 4 heterocycles. The van der Waals surface area contributed by atoms with E-state index < -0.39 is 12.1 Å². The second-order valence-corrected chi connectivity index (χ2v) is 13.6. The Hall–Kier alpha value is -5.43. The first-order valence-corrected chi connectivity index (χ1v) is 18.0. The molecule has 4 aromatic rings. The molecule has 2 aromatic carbocycles. The van der Waals surface area contributed by atoms with Gasteiger partial charge in [-0.05, 0) is 68.0 Å². The van der Waals surface area contributed by atoms with Crippen LogP contribution in [0.25, 0.3) is 22.4 Å². The molecule has 2 aliphatic rings. The molecule has 0 bridgehead atoms. The largest absolute Gasteiger partial charge is 0.493 e. The first kappa shape index (κ1) is 36.4. The second-order valence-electron chi connectivity index (χ2n) is 13.6. The molecule has 2 saturated heterocycles. The lowest BCUT2D eigenvalue weighted by molar-refractivity contribution is -0.135. The normalized spacial score (nSPS) is 17.9. The number of piperazine rings is 1. The minimum absolute atomic E-state index is 0.107. The van der Waals surface area contributed by atoms with E-state index in [1.165, 1.54) is 7.11 Å². The molecule has 3 unspecified atom stereocenters. The van der Waals surface area contributed by atoms with Crippen molar-refractivity contribution in [2.24, 2.45) is 5.92 Å². The van der Waals surface area contributed by atoms with E-state index in [9.17, 15) is 14.4 Å². The topological polar surface area (TPSA) is 154 Å². The predicted octanol–water partition coefficient (Wildman–Crippen LogP) is 5.63. The fourth-order valence-corrected chi connectivity index (χ4v) is 6.86. The molecule has 6 rings (SSSR count). The van der Waals surface area contributed by atoms with Crippen LogP contribution in [-0.4, -0.2) is 89.7 Å². The van der Waals surface area contributed by atoms with Gasteiger partial charge in [-0.2, -0.15) is 0 Å². The highest BCUT2D eigenvalue weighted by Gasteiger charge is 2.37. The van der Waals surface area contributed by atoms with Gasteiger partial charge < -0.3 is 40.2 Å². The van der Waals surface area contributed by atoms with Gasteiger partial charge in [0.1, 0.15) is 23.4 Å². The highest BCUT2D eigenvalue weighted by molar-refractivity contribution is 6.04. The number of aromatic amines is 1. The van der Waals surface area contributed by atoms with Crippen LogP contribution in [0.3, 0.4) is 0 Å². The monoisotopic (exact) mass is 708 g/mol. The Morgan fingerprint density at radius 3 is 2.48 bits per heavy atom. The second kappa shape index (κ2) is 16.3. The molecule has 2 aromatic heterocycles. The number of hydrogen-bond acceptors (Lipinski definition) is 9. The number of amides is 3.